The van der Waals surface area contributed by atoms with Gasteiger partial charge in [0, 0.05) is 6.07 Å². The third-order valence-electron chi connectivity index (χ3n) is 4.30. The summed E-state index contributed by atoms with van der Waals surface area (Å²) in [5, 5.41) is 0.762. The van der Waals surface area contributed by atoms with Crippen LogP contribution < -0.4 is 13.8 Å². The Bertz CT molecular complexity index is 1100. The van der Waals surface area contributed by atoms with Crippen LogP contribution in [0.5, 0.6) is 11.5 Å². The van der Waals surface area contributed by atoms with Gasteiger partial charge < -0.3 is 9.47 Å². The van der Waals surface area contributed by atoms with Crippen LogP contribution in [0.15, 0.2) is 71.6 Å². The minimum Gasteiger partial charge on any atom is -0.497 e. The average Bonchev–Trinajstić information content (AvgIpc) is 2.74. The van der Waals surface area contributed by atoms with Gasteiger partial charge in [-0.1, -0.05) is 35.3 Å². The predicted molar refractivity (Wildman–Crippen MR) is 116 cm³/mol. The summed E-state index contributed by atoms with van der Waals surface area (Å²) in [4.78, 5) is 0.140. The van der Waals surface area contributed by atoms with Crippen LogP contribution in [-0.2, 0) is 16.6 Å². The molecule has 0 unspecified atom stereocenters. The minimum absolute atomic E-state index is 0.0679. The largest absolute Gasteiger partial charge is 0.497 e. The van der Waals surface area contributed by atoms with Crippen LogP contribution in [-0.4, -0.2) is 22.6 Å². The van der Waals surface area contributed by atoms with E-state index in [9.17, 15) is 8.42 Å². The number of hydrogen-bond donors (Lipinski definition) is 0. The molecule has 3 aromatic carbocycles. The number of ether oxygens (including phenoxy) is 2. The summed E-state index contributed by atoms with van der Waals surface area (Å²) in [6.07, 6.45) is 0. The van der Waals surface area contributed by atoms with E-state index in [1.54, 1.807) is 54.6 Å². The quantitative estimate of drug-likeness (QED) is 0.481. The smallest absolute Gasteiger partial charge is 0.264 e. The second kappa shape index (κ2) is 8.95. The highest BCUT2D eigenvalue weighted by Gasteiger charge is 2.26. The monoisotopic (exact) mass is 451 g/mol. The van der Waals surface area contributed by atoms with E-state index in [-0.39, 0.29) is 11.4 Å². The maximum atomic E-state index is 13.5. The lowest BCUT2D eigenvalue weighted by molar-refractivity contribution is 0.414. The van der Waals surface area contributed by atoms with E-state index in [0.29, 0.717) is 32.8 Å². The number of anilines is 1. The molecule has 0 heterocycles. The Balaban J connectivity index is 2.08. The van der Waals surface area contributed by atoms with Crippen molar-refractivity contribution >= 4 is 38.9 Å². The Hall–Kier alpha value is -2.41. The van der Waals surface area contributed by atoms with Gasteiger partial charge in [-0.2, -0.15) is 0 Å². The summed E-state index contributed by atoms with van der Waals surface area (Å²) in [7, 11) is -0.827. The maximum Gasteiger partial charge on any atom is 0.264 e. The van der Waals surface area contributed by atoms with E-state index >= 15 is 0 Å². The van der Waals surface area contributed by atoms with Crippen LogP contribution in [0.3, 0.4) is 0 Å². The first-order valence-corrected chi connectivity index (χ1v) is 10.8. The second-order valence-electron chi connectivity index (χ2n) is 6.14. The molecule has 0 amide bonds. The zero-order valence-electron chi connectivity index (χ0n) is 15.8. The van der Waals surface area contributed by atoms with Crippen molar-refractivity contribution in [1.82, 2.24) is 0 Å². The van der Waals surface area contributed by atoms with Gasteiger partial charge in [-0.15, -0.1) is 0 Å². The first-order valence-electron chi connectivity index (χ1n) is 8.60. The highest BCUT2D eigenvalue weighted by atomic mass is 35.5. The molecule has 0 aliphatic heterocycles. The van der Waals surface area contributed by atoms with Gasteiger partial charge in [0.05, 0.1) is 41.4 Å². The SMILES string of the molecule is COc1ccc(S(=O)(=O)N(Cc2ccc(Cl)c(Cl)c2)c2cccc(OC)c2)cc1. The molecule has 29 heavy (non-hydrogen) atoms. The molecule has 3 aromatic rings. The van der Waals surface area contributed by atoms with Crippen molar-refractivity contribution in [2.24, 2.45) is 0 Å². The lowest BCUT2D eigenvalue weighted by atomic mass is 10.2. The fraction of sp³-hybridized carbons (Fsp3) is 0.143. The summed E-state index contributed by atoms with van der Waals surface area (Å²) >= 11 is 12.1. The van der Waals surface area contributed by atoms with E-state index in [1.807, 2.05) is 0 Å². The van der Waals surface area contributed by atoms with Crippen molar-refractivity contribution in [3.8, 4) is 11.5 Å². The molecule has 0 N–H and O–H groups in total. The summed E-state index contributed by atoms with van der Waals surface area (Å²) < 4.78 is 38.6. The van der Waals surface area contributed by atoms with Gasteiger partial charge in [0.15, 0.2) is 0 Å². The Morgan fingerprint density at radius 1 is 0.828 bits per heavy atom. The molecule has 0 atom stereocenters. The molecule has 0 saturated carbocycles. The molecule has 0 spiro atoms. The highest BCUT2D eigenvalue weighted by Crippen LogP contribution is 2.31. The first-order chi connectivity index (χ1) is 13.8. The molecular formula is C21H19Cl2NO4S. The van der Waals surface area contributed by atoms with Crippen molar-refractivity contribution < 1.29 is 17.9 Å². The van der Waals surface area contributed by atoms with Crippen molar-refractivity contribution in [3.63, 3.8) is 0 Å². The van der Waals surface area contributed by atoms with E-state index in [0.717, 1.165) is 0 Å². The van der Waals surface area contributed by atoms with Crippen molar-refractivity contribution in [1.29, 1.82) is 0 Å². The van der Waals surface area contributed by atoms with Crippen LogP contribution in [0, 0.1) is 0 Å². The summed E-state index contributed by atoms with van der Waals surface area (Å²) in [6.45, 7) is 0.0679. The van der Waals surface area contributed by atoms with Crippen LogP contribution in [0.1, 0.15) is 5.56 Å². The number of hydrogen-bond acceptors (Lipinski definition) is 4. The number of benzene rings is 3. The van der Waals surface area contributed by atoms with Gasteiger partial charge in [0.25, 0.3) is 10.0 Å². The second-order valence-corrected chi connectivity index (χ2v) is 8.81. The van der Waals surface area contributed by atoms with Gasteiger partial charge in [0.1, 0.15) is 11.5 Å². The van der Waals surface area contributed by atoms with Crippen molar-refractivity contribution in [3.05, 3.63) is 82.3 Å². The van der Waals surface area contributed by atoms with Gasteiger partial charge in [0.2, 0.25) is 0 Å². The molecule has 152 valence electrons. The molecule has 5 nitrogen and oxygen atoms in total. The molecule has 0 aliphatic rings. The summed E-state index contributed by atoms with van der Waals surface area (Å²) in [5.74, 6) is 1.12. The maximum absolute atomic E-state index is 13.5. The molecule has 0 aromatic heterocycles. The fourth-order valence-electron chi connectivity index (χ4n) is 2.76. The third-order valence-corrected chi connectivity index (χ3v) is 6.83. The Labute approximate surface area is 180 Å². The average molecular weight is 452 g/mol. The van der Waals surface area contributed by atoms with E-state index in [4.69, 9.17) is 32.7 Å². The fourth-order valence-corrected chi connectivity index (χ4v) is 4.52. The molecule has 0 aliphatic carbocycles. The topological polar surface area (TPSA) is 55.8 Å². The number of rotatable bonds is 7. The molecular weight excluding hydrogens is 433 g/mol. The van der Waals surface area contributed by atoms with E-state index in [1.165, 1.54) is 30.7 Å². The molecule has 8 heteroatoms. The van der Waals surface area contributed by atoms with Gasteiger partial charge in [-0.05, 0) is 54.1 Å². The Kier molecular flexibility index (Phi) is 6.57. The zero-order chi connectivity index (χ0) is 21.0. The van der Waals surface area contributed by atoms with E-state index in [2.05, 4.69) is 0 Å². The standard InChI is InChI=1S/C21H19Cl2NO4S/c1-27-17-7-9-19(10-8-17)29(25,26)24(16-4-3-5-18(13-16)28-2)14-15-6-11-20(22)21(23)12-15/h3-13H,14H2,1-2H3. The summed E-state index contributed by atoms with van der Waals surface area (Å²) in [6, 6.07) is 18.1. The van der Waals surface area contributed by atoms with Gasteiger partial charge >= 0.3 is 0 Å². The van der Waals surface area contributed by atoms with Crippen LogP contribution in [0.25, 0.3) is 0 Å². The molecule has 0 fully saturated rings. The number of halogens is 2. The highest BCUT2D eigenvalue weighted by molar-refractivity contribution is 7.92. The third kappa shape index (κ3) is 4.78. The number of sulfonamides is 1. The lowest BCUT2D eigenvalue weighted by Gasteiger charge is -2.25. The summed E-state index contributed by atoms with van der Waals surface area (Å²) in [5.41, 5.74) is 1.16. The molecule has 0 saturated heterocycles. The number of nitrogens with zero attached hydrogens (tertiary/aromatic N) is 1. The van der Waals surface area contributed by atoms with Crippen LogP contribution in [0.4, 0.5) is 5.69 Å². The van der Waals surface area contributed by atoms with Crippen LogP contribution >= 0.6 is 23.2 Å². The normalized spacial score (nSPS) is 11.2. The van der Waals surface area contributed by atoms with Gasteiger partial charge in [-0.25, -0.2) is 8.42 Å². The van der Waals surface area contributed by atoms with Gasteiger partial charge in [-0.3, -0.25) is 4.31 Å². The molecule has 3 rings (SSSR count). The Morgan fingerprint density at radius 3 is 2.14 bits per heavy atom. The Morgan fingerprint density at radius 2 is 1.52 bits per heavy atom. The first kappa shape index (κ1) is 21.3. The molecule has 0 radical (unpaired) electrons. The lowest BCUT2D eigenvalue weighted by Crippen LogP contribution is -2.30. The van der Waals surface area contributed by atoms with Crippen LogP contribution in [0.2, 0.25) is 10.0 Å². The molecule has 0 bridgehead atoms. The minimum atomic E-state index is -3.88. The zero-order valence-corrected chi connectivity index (χ0v) is 18.1. The number of methoxy groups -OCH3 is 2. The van der Waals surface area contributed by atoms with Crippen molar-refractivity contribution in [2.75, 3.05) is 18.5 Å². The van der Waals surface area contributed by atoms with Crippen molar-refractivity contribution in [2.45, 2.75) is 11.4 Å². The predicted octanol–water partition coefficient (Wildman–Crippen LogP) is 5.41. The van der Waals surface area contributed by atoms with E-state index < -0.39 is 10.0 Å².